The number of nitrogens with zero attached hydrogens (tertiary/aromatic N) is 1. The molecule has 0 aliphatic rings. The zero-order chi connectivity index (χ0) is 14.3. The van der Waals surface area contributed by atoms with Gasteiger partial charge in [0.1, 0.15) is 0 Å². The zero-order valence-electron chi connectivity index (χ0n) is 11.9. The van der Waals surface area contributed by atoms with Crippen LogP contribution in [-0.2, 0) is 11.3 Å². The summed E-state index contributed by atoms with van der Waals surface area (Å²) in [7, 11) is 0. The standard InChI is InChI=1S/C14H23BrN2O2/c1-11(2)19-8-4-5-16-6-7-17-10-13(15)9-12(3)14(17)18/h9-11,16H,4-8H2,1-3H3. The minimum Gasteiger partial charge on any atom is -0.379 e. The normalized spacial score (nSPS) is 11.2. The maximum atomic E-state index is 11.9. The SMILES string of the molecule is Cc1cc(Br)cn(CCNCCCOC(C)C)c1=O. The Labute approximate surface area is 123 Å². The fourth-order valence-electron chi connectivity index (χ4n) is 1.75. The van der Waals surface area contributed by atoms with Crippen LogP contribution in [0.1, 0.15) is 25.8 Å². The van der Waals surface area contributed by atoms with Gasteiger partial charge in [-0.25, -0.2) is 0 Å². The van der Waals surface area contributed by atoms with Crippen molar-refractivity contribution in [2.45, 2.75) is 39.8 Å². The predicted molar refractivity (Wildman–Crippen MR) is 81.7 cm³/mol. The molecular weight excluding hydrogens is 308 g/mol. The molecular formula is C14H23BrN2O2. The Morgan fingerprint density at radius 3 is 2.84 bits per heavy atom. The molecule has 0 unspecified atom stereocenters. The van der Waals surface area contributed by atoms with E-state index in [-0.39, 0.29) is 5.56 Å². The molecule has 5 heteroatoms. The van der Waals surface area contributed by atoms with Crippen molar-refractivity contribution in [2.75, 3.05) is 19.7 Å². The first-order valence-electron chi connectivity index (χ1n) is 6.69. The number of ether oxygens (including phenoxy) is 1. The van der Waals surface area contributed by atoms with E-state index in [2.05, 4.69) is 21.2 Å². The largest absolute Gasteiger partial charge is 0.379 e. The number of pyridine rings is 1. The van der Waals surface area contributed by atoms with Gasteiger partial charge in [0, 0.05) is 35.9 Å². The molecule has 0 radical (unpaired) electrons. The van der Waals surface area contributed by atoms with Gasteiger partial charge in [-0.3, -0.25) is 4.79 Å². The van der Waals surface area contributed by atoms with Gasteiger partial charge < -0.3 is 14.6 Å². The molecule has 0 spiro atoms. The van der Waals surface area contributed by atoms with Crippen LogP contribution in [0.2, 0.25) is 0 Å². The van der Waals surface area contributed by atoms with Crippen LogP contribution < -0.4 is 10.9 Å². The van der Waals surface area contributed by atoms with Gasteiger partial charge in [-0.1, -0.05) is 0 Å². The van der Waals surface area contributed by atoms with Crippen LogP contribution in [0.3, 0.4) is 0 Å². The Morgan fingerprint density at radius 2 is 2.16 bits per heavy atom. The third kappa shape index (κ3) is 6.36. The van der Waals surface area contributed by atoms with E-state index in [1.165, 1.54) is 0 Å². The first-order valence-corrected chi connectivity index (χ1v) is 7.49. The van der Waals surface area contributed by atoms with Crippen molar-refractivity contribution in [2.24, 2.45) is 0 Å². The van der Waals surface area contributed by atoms with E-state index in [1.807, 2.05) is 33.0 Å². The molecule has 0 saturated heterocycles. The maximum Gasteiger partial charge on any atom is 0.253 e. The van der Waals surface area contributed by atoms with Gasteiger partial charge in [-0.2, -0.15) is 0 Å². The van der Waals surface area contributed by atoms with E-state index in [0.29, 0.717) is 12.6 Å². The molecule has 108 valence electrons. The fraction of sp³-hybridized carbons (Fsp3) is 0.643. The summed E-state index contributed by atoms with van der Waals surface area (Å²) >= 11 is 3.41. The summed E-state index contributed by atoms with van der Waals surface area (Å²) in [6.07, 6.45) is 3.12. The van der Waals surface area contributed by atoms with E-state index in [0.717, 1.165) is 36.2 Å². The van der Waals surface area contributed by atoms with E-state index in [1.54, 1.807) is 4.57 Å². The van der Waals surface area contributed by atoms with Crippen LogP contribution in [0, 0.1) is 6.92 Å². The van der Waals surface area contributed by atoms with Crippen LogP contribution in [0.5, 0.6) is 0 Å². The quantitative estimate of drug-likeness (QED) is 0.744. The second-order valence-electron chi connectivity index (χ2n) is 4.86. The molecule has 0 aliphatic heterocycles. The Kier molecular flexibility index (Phi) is 7.34. The van der Waals surface area contributed by atoms with Crippen molar-refractivity contribution < 1.29 is 4.74 Å². The second kappa shape index (κ2) is 8.51. The molecule has 0 saturated carbocycles. The third-order valence-corrected chi connectivity index (χ3v) is 3.14. The summed E-state index contributed by atoms with van der Waals surface area (Å²) in [6.45, 7) is 9.07. The molecule has 0 aliphatic carbocycles. The van der Waals surface area contributed by atoms with Gasteiger partial charge in [0.05, 0.1) is 6.10 Å². The predicted octanol–water partition coefficient (Wildman–Crippen LogP) is 2.32. The topological polar surface area (TPSA) is 43.3 Å². The first-order chi connectivity index (χ1) is 9.00. The molecule has 1 aromatic heterocycles. The molecule has 4 nitrogen and oxygen atoms in total. The number of nitrogens with one attached hydrogen (secondary N) is 1. The number of hydrogen-bond donors (Lipinski definition) is 1. The monoisotopic (exact) mass is 330 g/mol. The molecule has 0 aromatic carbocycles. The van der Waals surface area contributed by atoms with Crippen molar-refractivity contribution in [1.29, 1.82) is 0 Å². The summed E-state index contributed by atoms with van der Waals surface area (Å²) in [5.74, 6) is 0. The van der Waals surface area contributed by atoms with Crippen LogP contribution in [-0.4, -0.2) is 30.4 Å². The third-order valence-electron chi connectivity index (χ3n) is 2.71. The molecule has 0 amide bonds. The number of hydrogen-bond acceptors (Lipinski definition) is 3. The maximum absolute atomic E-state index is 11.9. The number of aromatic nitrogens is 1. The van der Waals surface area contributed by atoms with E-state index >= 15 is 0 Å². The van der Waals surface area contributed by atoms with Crippen molar-refractivity contribution in [3.63, 3.8) is 0 Å². The minimum atomic E-state index is 0.0770. The number of aryl methyl sites for hydroxylation is 1. The Hall–Kier alpha value is -0.650. The first kappa shape index (κ1) is 16.4. The van der Waals surface area contributed by atoms with E-state index in [4.69, 9.17) is 4.74 Å². The molecule has 0 bridgehead atoms. The van der Waals surface area contributed by atoms with Gasteiger partial charge in [0.2, 0.25) is 0 Å². The lowest BCUT2D eigenvalue weighted by molar-refractivity contribution is 0.0771. The van der Waals surface area contributed by atoms with Crippen LogP contribution in [0.25, 0.3) is 0 Å². The van der Waals surface area contributed by atoms with E-state index < -0.39 is 0 Å². The van der Waals surface area contributed by atoms with Crippen LogP contribution in [0.15, 0.2) is 21.5 Å². The average molecular weight is 331 g/mol. The summed E-state index contributed by atoms with van der Waals surface area (Å²) in [4.78, 5) is 11.9. The van der Waals surface area contributed by atoms with Gasteiger partial charge in [0.15, 0.2) is 0 Å². The minimum absolute atomic E-state index is 0.0770. The lowest BCUT2D eigenvalue weighted by atomic mass is 10.3. The average Bonchev–Trinajstić information content (AvgIpc) is 2.33. The molecule has 19 heavy (non-hydrogen) atoms. The van der Waals surface area contributed by atoms with Crippen molar-refractivity contribution in [3.05, 3.63) is 32.7 Å². The van der Waals surface area contributed by atoms with Gasteiger partial charge in [0.25, 0.3) is 5.56 Å². The summed E-state index contributed by atoms with van der Waals surface area (Å²) in [6, 6.07) is 1.84. The lowest BCUT2D eigenvalue weighted by Gasteiger charge is -2.10. The number of halogens is 1. The lowest BCUT2D eigenvalue weighted by Crippen LogP contribution is -2.28. The molecule has 1 heterocycles. The number of rotatable bonds is 8. The van der Waals surface area contributed by atoms with Crippen molar-refractivity contribution >= 4 is 15.9 Å². The zero-order valence-corrected chi connectivity index (χ0v) is 13.5. The smallest absolute Gasteiger partial charge is 0.253 e. The van der Waals surface area contributed by atoms with Gasteiger partial charge in [-0.05, 0) is 55.7 Å². The Morgan fingerprint density at radius 1 is 1.42 bits per heavy atom. The molecule has 0 atom stereocenters. The summed E-state index contributed by atoms with van der Waals surface area (Å²) in [5.41, 5.74) is 0.841. The van der Waals surface area contributed by atoms with Crippen molar-refractivity contribution in [3.8, 4) is 0 Å². The van der Waals surface area contributed by atoms with Crippen LogP contribution >= 0.6 is 15.9 Å². The van der Waals surface area contributed by atoms with Gasteiger partial charge >= 0.3 is 0 Å². The highest BCUT2D eigenvalue weighted by Gasteiger charge is 2.01. The molecule has 1 rings (SSSR count). The fourth-order valence-corrected chi connectivity index (χ4v) is 2.34. The highest BCUT2D eigenvalue weighted by molar-refractivity contribution is 9.10. The van der Waals surface area contributed by atoms with Crippen molar-refractivity contribution in [1.82, 2.24) is 9.88 Å². The summed E-state index contributed by atoms with van der Waals surface area (Å²) < 4.78 is 8.13. The van der Waals surface area contributed by atoms with Crippen LogP contribution in [0.4, 0.5) is 0 Å². The molecule has 1 aromatic rings. The molecule has 0 fully saturated rings. The highest BCUT2D eigenvalue weighted by atomic mass is 79.9. The Balaban J connectivity index is 2.25. The highest BCUT2D eigenvalue weighted by Crippen LogP contribution is 2.07. The second-order valence-corrected chi connectivity index (χ2v) is 5.78. The Bertz CT molecular complexity index is 444. The van der Waals surface area contributed by atoms with E-state index in [9.17, 15) is 4.79 Å². The summed E-state index contributed by atoms with van der Waals surface area (Å²) in [5, 5.41) is 3.32. The van der Waals surface area contributed by atoms with Gasteiger partial charge in [-0.15, -0.1) is 0 Å². The molecule has 1 N–H and O–H groups in total.